The number of amidine groups is 1. The molecule has 0 atom stereocenters. The summed E-state index contributed by atoms with van der Waals surface area (Å²) in [5, 5.41) is 19.8. The molecule has 0 saturated heterocycles. The number of anilines is 3. The zero-order chi connectivity index (χ0) is 22.8. The Morgan fingerprint density at radius 1 is 0.939 bits per heavy atom. The summed E-state index contributed by atoms with van der Waals surface area (Å²) in [5.41, 5.74) is 5.62. The van der Waals surface area contributed by atoms with Gasteiger partial charge >= 0.3 is 0 Å². The molecule has 0 fully saturated rings. The van der Waals surface area contributed by atoms with Gasteiger partial charge in [-0.3, -0.25) is 20.3 Å². The first-order chi connectivity index (χ1) is 16.1. The Bertz CT molecular complexity index is 1350. The molecule has 0 radical (unpaired) electrons. The Hall–Kier alpha value is -4.99. The van der Waals surface area contributed by atoms with Gasteiger partial charge in [0.15, 0.2) is 0 Å². The number of nitro benzene ring substituents is 1. The fourth-order valence-electron chi connectivity index (χ4n) is 3.33. The monoisotopic (exact) mass is 439 g/mol. The molecule has 2 heterocycles. The lowest BCUT2D eigenvalue weighted by molar-refractivity contribution is -0.384. The molecule has 1 amide bonds. The van der Waals surface area contributed by atoms with E-state index in [0.29, 0.717) is 23.0 Å². The number of rotatable bonds is 5. The van der Waals surface area contributed by atoms with Crippen LogP contribution in [0.2, 0.25) is 0 Å². The number of amides is 1. The lowest BCUT2D eigenvalue weighted by Gasteiger charge is -2.26. The van der Waals surface area contributed by atoms with Crippen LogP contribution in [0.25, 0.3) is 11.3 Å². The smallest absolute Gasteiger partial charge is 0.294 e. The topological polar surface area (TPSA) is 118 Å². The fraction of sp³-hybridized carbons (Fsp3) is 0. The summed E-state index contributed by atoms with van der Waals surface area (Å²) in [4.78, 5) is 28.2. The van der Waals surface area contributed by atoms with Gasteiger partial charge < -0.3 is 5.32 Å². The molecule has 33 heavy (non-hydrogen) atoms. The standard InChI is InChI=1S/C23H17N7O3/c31-22(24-17-9-5-2-6-10-17)21-26-28-15-20(16-7-3-1-4-8-16)25-23(28)29(27-21)18-11-13-19(14-12-18)30(32)33/h1-15H,(H,24,31)(H,26,27). The quantitative estimate of drug-likeness (QED) is 0.357. The molecular formula is C23H17N7O3. The second-order valence-electron chi connectivity index (χ2n) is 7.13. The van der Waals surface area contributed by atoms with Crippen LogP contribution < -0.4 is 15.8 Å². The molecule has 10 nitrogen and oxygen atoms in total. The van der Waals surface area contributed by atoms with Gasteiger partial charge in [-0.05, 0) is 24.3 Å². The first-order valence-electron chi connectivity index (χ1n) is 10.00. The molecule has 5 rings (SSSR count). The van der Waals surface area contributed by atoms with Crippen molar-refractivity contribution in [2.45, 2.75) is 0 Å². The van der Waals surface area contributed by atoms with E-state index in [-0.39, 0.29) is 11.5 Å². The van der Waals surface area contributed by atoms with Crippen LogP contribution in [0.5, 0.6) is 0 Å². The van der Waals surface area contributed by atoms with Crippen molar-refractivity contribution in [1.82, 2.24) is 9.66 Å². The number of carbonyl (C=O) groups is 1. The highest BCUT2D eigenvalue weighted by atomic mass is 16.6. The van der Waals surface area contributed by atoms with Gasteiger partial charge in [0.2, 0.25) is 5.84 Å². The van der Waals surface area contributed by atoms with E-state index in [4.69, 9.17) is 0 Å². The van der Waals surface area contributed by atoms with Crippen molar-refractivity contribution in [1.29, 1.82) is 0 Å². The highest BCUT2D eigenvalue weighted by molar-refractivity contribution is 6.45. The van der Waals surface area contributed by atoms with Gasteiger partial charge in [-0.25, -0.2) is 9.66 Å². The van der Waals surface area contributed by atoms with Crippen LogP contribution in [0, 0.1) is 10.1 Å². The van der Waals surface area contributed by atoms with Gasteiger partial charge in [0.1, 0.15) is 0 Å². The first kappa shape index (κ1) is 19.9. The molecule has 1 aromatic heterocycles. The molecule has 0 aliphatic carbocycles. The number of nitrogens with zero attached hydrogens (tertiary/aromatic N) is 5. The van der Waals surface area contributed by atoms with Gasteiger partial charge in [-0.1, -0.05) is 48.5 Å². The maximum Gasteiger partial charge on any atom is 0.294 e. The van der Waals surface area contributed by atoms with E-state index in [9.17, 15) is 14.9 Å². The maximum atomic E-state index is 12.9. The zero-order valence-electron chi connectivity index (χ0n) is 17.1. The number of imidazole rings is 1. The number of benzene rings is 3. The lowest BCUT2D eigenvalue weighted by atomic mass is 10.2. The summed E-state index contributed by atoms with van der Waals surface area (Å²) in [6.45, 7) is 0. The average Bonchev–Trinajstić information content (AvgIpc) is 3.29. The highest BCUT2D eigenvalue weighted by Crippen LogP contribution is 2.31. The van der Waals surface area contributed by atoms with Crippen molar-refractivity contribution in [3.63, 3.8) is 0 Å². The Kier molecular flexibility index (Phi) is 5.00. The summed E-state index contributed by atoms with van der Waals surface area (Å²) in [7, 11) is 0. The minimum Gasteiger partial charge on any atom is -0.319 e. The van der Waals surface area contributed by atoms with Crippen LogP contribution in [0.3, 0.4) is 0 Å². The van der Waals surface area contributed by atoms with Crippen molar-refractivity contribution < 1.29 is 9.72 Å². The molecule has 1 aliphatic rings. The molecule has 0 bridgehead atoms. The molecule has 0 spiro atoms. The molecular weight excluding hydrogens is 422 g/mol. The minimum atomic E-state index is -0.474. The second kappa shape index (κ2) is 8.27. The molecule has 2 N–H and O–H groups in total. The molecule has 3 aromatic carbocycles. The predicted molar refractivity (Wildman–Crippen MR) is 125 cm³/mol. The van der Waals surface area contributed by atoms with E-state index in [1.54, 1.807) is 35.1 Å². The molecule has 162 valence electrons. The second-order valence-corrected chi connectivity index (χ2v) is 7.13. The lowest BCUT2D eigenvalue weighted by Crippen LogP contribution is -2.40. The van der Waals surface area contributed by atoms with Gasteiger partial charge in [0.25, 0.3) is 17.5 Å². The predicted octanol–water partition coefficient (Wildman–Crippen LogP) is 4.11. The van der Waals surface area contributed by atoms with Crippen molar-refractivity contribution in [2.75, 3.05) is 15.8 Å². The summed E-state index contributed by atoms with van der Waals surface area (Å²) < 4.78 is 1.59. The van der Waals surface area contributed by atoms with E-state index in [1.165, 1.54) is 17.1 Å². The number of fused-ring (bicyclic) bond motifs is 1. The molecule has 10 heteroatoms. The van der Waals surface area contributed by atoms with Gasteiger partial charge in [-0.15, -0.1) is 5.10 Å². The van der Waals surface area contributed by atoms with E-state index in [2.05, 4.69) is 20.8 Å². The fourth-order valence-corrected chi connectivity index (χ4v) is 3.33. The number of hydrazone groups is 1. The number of nitro groups is 1. The largest absolute Gasteiger partial charge is 0.319 e. The molecule has 0 saturated carbocycles. The third kappa shape index (κ3) is 4.00. The van der Waals surface area contributed by atoms with E-state index < -0.39 is 10.8 Å². The van der Waals surface area contributed by atoms with Gasteiger partial charge in [0, 0.05) is 23.4 Å². The number of para-hydroxylation sites is 1. The maximum absolute atomic E-state index is 12.9. The normalized spacial score (nSPS) is 12.4. The SMILES string of the molecule is O=C(Nc1ccccc1)C1=NN(c2ccc([N+](=O)[O-])cc2)c2nc(-c3ccccc3)cn2N1. The molecule has 1 aliphatic heterocycles. The average molecular weight is 439 g/mol. The van der Waals surface area contributed by atoms with Crippen LogP contribution in [0.4, 0.5) is 23.0 Å². The Balaban J connectivity index is 1.54. The van der Waals surface area contributed by atoms with E-state index in [1.807, 2.05) is 48.5 Å². The van der Waals surface area contributed by atoms with Crippen molar-refractivity contribution >= 4 is 34.8 Å². The van der Waals surface area contributed by atoms with Crippen LogP contribution in [0.15, 0.2) is 96.2 Å². The third-order valence-electron chi connectivity index (χ3n) is 4.92. The number of aromatic nitrogens is 2. The van der Waals surface area contributed by atoms with Crippen LogP contribution >= 0.6 is 0 Å². The zero-order valence-corrected chi connectivity index (χ0v) is 17.1. The number of carbonyl (C=O) groups excluding carboxylic acids is 1. The number of nitrogens with one attached hydrogen (secondary N) is 2. The Morgan fingerprint density at radius 2 is 1.61 bits per heavy atom. The van der Waals surface area contributed by atoms with Crippen LogP contribution in [-0.2, 0) is 4.79 Å². The van der Waals surface area contributed by atoms with Crippen molar-refractivity contribution in [3.8, 4) is 11.3 Å². The van der Waals surface area contributed by atoms with Crippen LogP contribution in [0.1, 0.15) is 0 Å². The number of hydrogen-bond donors (Lipinski definition) is 2. The number of hydrogen-bond acceptors (Lipinski definition) is 7. The summed E-state index contributed by atoms with van der Waals surface area (Å²) in [5.74, 6) is -0.0191. The van der Waals surface area contributed by atoms with Crippen molar-refractivity contribution in [3.05, 3.63) is 101 Å². The van der Waals surface area contributed by atoms with Gasteiger partial charge in [-0.2, -0.15) is 5.01 Å². The number of non-ortho nitro benzene ring substituents is 1. The van der Waals surface area contributed by atoms with Crippen LogP contribution in [-0.4, -0.2) is 26.3 Å². The summed E-state index contributed by atoms with van der Waals surface area (Å²) >= 11 is 0. The minimum absolute atomic E-state index is 0.0294. The Morgan fingerprint density at radius 3 is 2.27 bits per heavy atom. The summed E-state index contributed by atoms with van der Waals surface area (Å²) in [6.07, 6.45) is 1.76. The van der Waals surface area contributed by atoms with Gasteiger partial charge in [0.05, 0.1) is 22.5 Å². The highest BCUT2D eigenvalue weighted by Gasteiger charge is 2.27. The first-order valence-corrected chi connectivity index (χ1v) is 10.00. The molecule has 0 unspecified atom stereocenters. The summed E-state index contributed by atoms with van der Waals surface area (Å²) in [6, 6.07) is 24.5. The third-order valence-corrected chi connectivity index (χ3v) is 4.92. The van der Waals surface area contributed by atoms with E-state index >= 15 is 0 Å². The van der Waals surface area contributed by atoms with Crippen molar-refractivity contribution in [2.24, 2.45) is 5.10 Å². The Labute approximate surface area is 187 Å². The van der Waals surface area contributed by atoms with E-state index in [0.717, 1.165) is 5.56 Å². The molecule has 4 aromatic rings.